The summed E-state index contributed by atoms with van der Waals surface area (Å²) in [6.07, 6.45) is -1.53. The zero-order valence-corrected chi connectivity index (χ0v) is 40.0. The molecule has 0 aliphatic heterocycles. The maximum Gasteiger partial charge on any atom is 0.326 e. The Morgan fingerprint density at radius 1 is 0.478 bits per heavy atom. The van der Waals surface area contributed by atoms with Gasteiger partial charge in [0.2, 0.25) is 41.4 Å². The fraction of sp³-hybridized carbons (Fsp3) is 0.707. The summed E-state index contributed by atoms with van der Waals surface area (Å²) in [7, 11) is 0. The molecule has 8 atom stereocenters. The predicted octanol–water partition coefficient (Wildman–Crippen LogP) is -4.91. The molecule has 0 aromatic rings. The van der Waals surface area contributed by atoms with Crippen molar-refractivity contribution in [2.24, 2.45) is 56.2 Å². The van der Waals surface area contributed by atoms with Gasteiger partial charge in [-0.3, -0.25) is 53.1 Å². The number of hydrogen-bond acceptors (Lipinski definition) is 14. The molecule has 0 unspecified atom stereocenters. The lowest BCUT2D eigenvalue weighted by Gasteiger charge is -2.28. The maximum absolute atomic E-state index is 14.2. The molecule has 0 heterocycles. The first-order valence-electron chi connectivity index (χ1n) is 22.6. The molecule has 0 radical (unpaired) electrons. The van der Waals surface area contributed by atoms with Gasteiger partial charge in [0.05, 0.1) is 12.5 Å². The van der Waals surface area contributed by atoms with Gasteiger partial charge in [0.25, 0.3) is 0 Å². The minimum Gasteiger partial charge on any atom is -0.481 e. The maximum atomic E-state index is 14.2. The van der Waals surface area contributed by atoms with Gasteiger partial charge in [-0.15, -0.1) is 0 Å². The summed E-state index contributed by atoms with van der Waals surface area (Å²) in [6, 6.07) is -11.3. The number of carbonyl (C=O) groups is 10. The van der Waals surface area contributed by atoms with E-state index in [-0.39, 0.29) is 82.4 Å². The molecule has 0 fully saturated rings. The molecular formula is C41H75N15O13. The van der Waals surface area contributed by atoms with Gasteiger partial charge in [0.15, 0.2) is 11.9 Å². The lowest BCUT2D eigenvalue weighted by atomic mass is 10.0. The highest BCUT2D eigenvalue weighted by molar-refractivity contribution is 5.98. The summed E-state index contributed by atoms with van der Waals surface area (Å²) in [5, 5.41) is 45.4. The van der Waals surface area contributed by atoms with Crippen LogP contribution in [0.15, 0.2) is 9.98 Å². The summed E-state index contributed by atoms with van der Waals surface area (Å²) in [6.45, 7) is 8.27. The number of carboxylic acid groups (broad SMARTS) is 3. The topological polar surface area (TPSA) is 496 Å². The van der Waals surface area contributed by atoms with E-state index in [1.165, 1.54) is 6.92 Å². The van der Waals surface area contributed by atoms with Crippen molar-refractivity contribution in [3.63, 3.8) is 0 Å². The molecule has 0 saturated carbocycles. The Bertz CT molecular complexity index is 1800. The van der Waals surface area contributed by atoms with Crippen LogP contribution in [0.1, 0.15) is 105 Å². The molecule has 0 aromatic carbocycles. The highest BCUT2D eigenvalue weighted by Gasteiger charge is 2.35. The number of aliphatic carboxylic acids is 3. The molecule has 28 heteroatoms. The number of carbonyl (C=O) groups excluding carboxylic acids is 7. The second-order valence-electron chi connectivity index (χ2n) is 17.1. The quantitative estimate of drug-likeness (QED) is 0.0161. The van der Waals surface area contributed by atoms with E-state index in [9.17, 15) is 58.2 Å². The van der Waals surface area contributed by atoms with Gasteiger partial charge in [-0.1, -0.05) is 27.7 Å². The van der Waals surface area contributed by atoms with Crippen LogP contribution in [-0.2, 0) is 47.9 Å². The van der Waals surface area contributed by atoms with Crippen LogP contribution in [0.2, 0.25) is 0 Å². The lowest BCUT2D eigenvalue weighted by molar-refractivity contribution is -0.147. The second kappa shape index (κ2) is 32.8. The molecule has 0 aliphatic carbocycles. The van der Waals surface area contributed by atoms with E-state index in [2.05, 4.69) is 47.2 Å². The molecule has 392 valence electrons. The Morgan fingerprint density at radius 2 is 0.870 bits per heavy atom. The minimum absolute atomic E-state index is 0.0116. The Hall–Kier alpha value is -6.84. The average Bonchev–Trinajstić information content (AvgIpc) is 3.24. The Kier molecular flexibility index (Phi) is 29.5. The van der Waals surface area contributed by atoms with Crippen LogP contribution < -0.4 is 71.6 Å². The molecule has 0 aliphatic rings. The standard InChI is InChI=1S/C41H75N15O13/c1-20(2)18-27(37(66)52-23(10-6-7-15-42)35(64)55-28(39(68)69)19-30(59)60)54-34(63)25(12-9-17-49-41(46)47)50-33(62)24(11-8-16-48-40(44)45)51-36(65)26(13-14-29(57)58)53-38(67)31(21(3)4)56-32(61)22(5)43/h20-28,31H,6-19,42-43H2,1-5H3,(H,50,62)(H,51,65)(H,52,66)(H,53,67)(H,54,63)(H,55,64)(H,56,61)(H,57,58)(H,59,60)(H,68,69)(H4,44,45,48)(H4,46,47,49)/t22-,23-,24-,25-,26-,27-,28-,31-/m0/s1. The van der Waals surface area contributed by atoms with Crippen molar-refractivity contribution in [2.75, 3.05) is 19.6 Å². The molecule has 0 saturated heterocycles. The van der Waals surface area contributed by atoms with E-state index in [0.29, 0.717) is 6.42 Å². The molecule has 0 bridgehead atoms. The number of nitrogens with zero attached hydrogens (tertiary/aromatic N) is 2. The van der Waals surface area contributed by atoms with Gasteiger partial charge in [0.1, 0.15) is 42.3 Å². The van der Waals surface area contributed by atoms with Gasteiger partial charge in [0, 0.05) is 19.5 Å². The molecule has 7 amide bonds. The fourth-order valence-corrected chi connectivity index (χ4v) is 6.36. The summed E-state index contributed by atoms with van der Waals surface area (Å²) in [4.78, 5) is 138. The molecule has 0 aromatic heterocycles. The van der Waals surface area contributed by atoms with Gasteiger partial charge in [-0.2, -0.15) is 0 Å². The number of rotatable bonds is 35. The summed E-state index contributed by atoms with van der Waals surface area (Å²) in [5.41, 5.74) is 33.1. The van der Waals surface area contributed by atoms with Crippen LogP contribution in [-0.4, -0.2) is 154 Å². The van der Waals surface area contributed by atoms with E-state index in [1.807, 2.05) is 0 Å². The van der Waals surface area contributed by atoms with Crippen LogP contribution in [0.4, 0.5) is 0 Å². The smallest absolute Gasteiger partial charge is 0.326 e. The van der Waals surface area contributed by atoms with Crippen LogP contribution in [0, 0.1) is 11.8 Å². The van der Waals surface area contributed by atoms with Crippen molar-refractivity contribution in [2.45, 2.75) is 154 Å². The first-order valence-corrected chi connectivity index (χ1v) is 22.6. The number of guanidine groups is 2. The van der Waals surface area contributed by atoms with Crippen molar-refractivity contribution in [3.8, 4) is 0 Å². The van der Waals surface area contributed by atoms with Crippen molar-refractivity contribution >= 4 is 71.2 Å². The van der Waals surface area contributed by atoms with E-state index in [4.69, 9.17) is 39.5 Å². The van der Waals surface area contributed by atoms with E-state index in [0.717, 1.165) is 0 Å². The van der Waals surface area contributed by atoms with E-state index >= 15 is 0 Å². The van der Waals surface area contributed by atoms with Crippen LogP contribution in [0.5, 0.6) is 0 Å². The zero-order chi connectivity index (χ0) is 53.0. The average molecular weight is 986 g/mol. The number of hydrogen-bond donors (Lipinski definition) is 16. The minimum atomic E-state index is -1.83. The molecule has 28 nitrogen and oxygen atoms in total. The number of amides is 7. The van der Waals surface area contributed by atoms with E-state index < -0.39 is 133 Å². The summed E-state index contributed by atoms with van der Waals surface area (Å²) < 4.78 is 0. The number of nitrogens with two attached hydrogens (primary N) is 6. The Balaban J connectivity index is 6.96. The van der Waals surface area contributed by atoms with Gasteiger partial charge in [-0.05, 0) is 83.1 Å². The number of unbranched alkanes of at least 4 members (excludes halogenated alkanes) is 1. The summed E-state index contributed by atoms with van der Waals surface area (Å²) >= 11 is 0. The van der Waals surface area contributed by atoms with Crippen LogP contribution >= 0.6 is 0 Å². The van der Waals surface area contributed by atoms with E-state index in [1.54, 1.807) is 27.7 Å². The van der Waals surface area contributed by atoms with Gasteiger partial charge in [-0.25, -0.2) is 4.79 Å². The van der Waals surface area contributed by atoms with Gasteiger partial charge < -0.3 is 86.9 Å². The second-order valence-corrected chi connectivity index (χ2v) is 17.1. The zero-order valence-electron chi connectivity index (χ0n) is 40.0. The monoisotopic (exact) mass is 986 g/mol. The van der Waals surface area contributed by atoms with Crippen molar-refractivity contribution in [3.05, 3.63) is 0 Å². The normalized spacial score (nSPS) is 14.4. The first-order chi connectivity index (χ1) is 32.2. The van der Waals surface area contributed by atoms with Crippen molar-refractivity contribution in [1.82, 2.24) is 37.2 Å². The number of aliphatic imine (C=N–C) groups is 2. The highest BCUT2D eigenvalue weighted by atomic mass is 16.4. The van der Waals surface area contributed by atoms with Crippen molar-refractivity contribution in [1.29, 1.82) is 0 Å². The SMILES string of the molecule is CC(C)C[C@H](NC(=O)[C@H](CCCN=C(N)N)NC(=O)[C@H](CCCN=C(N)N)NC(=O)[C@H](CCC(=O)O)NC(=O)[C@@H](NC(=O)[C@H](C)N)C(C)C)C(=O)N[C@@H](CCCCN)C(=O)N[C@@H](CC(=O)O)C(=O)O. The number of carboxylic acids is 3. The Morgan fingerprint density at radius 3 is 1.23 bits per heavy atom. The molecule has 0 spiro atoms. The third-order valence-corrected chi connectivity index (χ3v) is 10.0. The molecule has 69 heavy (non-hydrogen) atoms. The lowest BCUT2D eigenvalue weighted by Crippen LogP contribution is -2.60. The van der Waals surface area contributed by atoms with Crippen LogP contribution in [0.3, 0.4) is 0 Å². The number of nitrogens with one attached hydrogen (secondary N) is 7. The largest absolute Gasteiger partial charge is 0.481 e. The van der Waals surface area contributed by atoms with Crippen molar-refractivity contribution < 1.29 is 63.3 Å². The van der Waals surface area contributed by atoms with Crippen LogP contribution in [0.25, 0.3) is 0 Å². The third kappa shape index (κ3) is 26.9. The highest BCUT2D eigenvalue weighted by Crippen LogP contribution is 2.12. The Labute approximate surface area is 400 Å². The molecular weight excluding hydrogens is 911 g/mol. The molecule has 22 N–H and O–H groups in total. The van der Waals surface area contributed by atoms with Gasteiger partial charge >= 0.3 is 17.9 Å². The first kappa shape index (κ1) is 62.2. The fourth-order valence-electron chi connectivity index (χ4n) is 6.36. The molecule has 0 rings (SSSR count). The summed E-state index contributed by atoms with van der Waals surface area (Å²) in [5.74, 6) is -12.0. The predicted molar refractivity (Wildman–Crippen MR) is 251 cm³/mol. The third-order valence-electron chi connectivity index (χ3n) is 10.0.